The van der Waals surface area contributed by atoms with E-state index in [1.165, 1.54) is 56.9 Å². The standard InChI is InChI=1S/C18H26BrN/c1-14(15-4-6-16(19)7-5-15)20-17-8-12-18(13-9-17)10-2-3-11-18/h4-7,14,17,20H,2-3,8-13H2,1H3. The van der Waals surface area contributed by atoms with Crippen LogP contribution in [-0.2, 0) is 0 Å². The van der Waals surface area contributed by atoms with E-state index in [0.29, 0.717) is 6.04 Å². The summed E-state index contributed by atoms with van der Waals surface area (Å²) < 4.78 is 1.16. The molecule has 2 aliphatic rings. The topological polar surface area (TPSA) is 12.0 Å². The molecule has 0 amide bonds. The van der Waals surface area contributed by atoms with Gasteiger partial charge in [-0.15, -0.1) is 0 Å². The van der Waals surface area contributed by atoms with Crippen LogP contribution in [0, 0.1) is 5.41 Å². The lowest BCUT2D eigenvalue weighted by molar-refractivity contribution is 0.164. The highest BCUT2D eigenvalue weighted by Crippen LogP contribution is 2.49. The summed E-state index contributed by atoms with van der Waals surface area (Å²) in [5.41, 5.74) is 2.15. The summed E-state index contributed by atoms with van der Waals surface area (Å²) in [4.78, 5) is 0. The van der Waals surface area contributed by atoms with Crippen LogP contribution in [0.25, 0.3) is 0 Å². The first-order chi connectivity index (χ1) is 9.67. The Morgan fingerprint density at radius 3 is 2.25 bits per heavy atom. The Labute approximate surface area is 131 Å². The average molecular weight is 336 g/mol. The lowest BCUT2D eigenvalue weighted by Crippen LogP contribution is -2.37. The van der Waals surface area contributed by atoms with Crippen molar-refractivity contribution in [1.82, 2.24) is 5.32 Å². The summed E-state index contributed by atoms with van der Waals surface area (Å²) in [6, 6.07) is 9.92. The fourth-order valence-electron chi connectivity index (χ4n) is 4.22. The molecule has 20 heavy (non-hydrogen) atoms. The smallest absolute Gasteiger partial charge is 0.0294 e. The Balaban J connectivity index is 1.52. The van der Waals surface area contributed by atoms with Gasteiger partial charge in [-0.25, -0.2) is 0 Å². The first kappa shape index (κ1) is 14.6. The monoisotopic (exact) mass is 335 g/mol. The van der Waals surface area contributed by atoms with Crippen LogP contribution in [-0.4, -0.2) is 6.04 Å². The van der Waals surface area contributed by atoms with E-state index in [-0.39, 0.29) is 0 Å². The second-order valence-electron chi connectivity index (χ2n) is 6.92. The molecule has 0 saturated heterocycles. The predicted molar refractivity (Wildman–Crippen MR) is 88.8 cm³/mol. The Morgan fingerprint density at radius 2 is 1.65 bits per heavy atom. The van der Waals surface area contributed by atoms with Crippen molar-refractivity contribution in [2.24, 2.45) is 5.41 Å². The van der Waals surface area contributed by atoms with Crippen molar-refractivity contribution >= 4 is 15.9 Å². The van der Waals surface area contributed by atoms with E-state index in [1.807, 2.05) is 0 Å². The molecule has 1 nitrogen and oxygen atoms in total. The molecule has 1 spiro atoms. The van der Waals surface area contributed by atoms with Gasteiger partial charge in [0.05, 0.1) is 0 Å². The maximum absolute atomic E-state index is 3.85. The van der Waals surface area contributed by atoms with Crippen molar-refractivity contribution in [1.29, 1.82) is 0 Å². The number of nitrogens with one attached hydrogen (secondary N) is 1. The third kappa shape index (κ3) is 3.28. The second kappa shape index (κ2) is 6.19. The molecule has 1 aromatic rings. The SMILES string of the molecule is CC(NC1CCC2(CCCC2)CC1)c1ccc(Br)cc1. The van der Waals surface area contributed by atoms with Crippen LogP contribution in [0.5, 0.6) is 0 Å². The van der Waals surface area contributed by atoms with Crippen molar-refractivity contribution in [2.75, 3.05) is 0 Å². The number of halogens is 1. The number of hydrogen-bond acceptors (Lipinski definition) is 1. The molecular formula is C18H26BrN. The van der Waals surface area contributed by atoms with Gasteiger partial charge in [0, 0.05) is 16.6 Å². The summed E-state index contributed by atoms with van der Waals surface area (Å²) in [5, 5.41) is 3.85. The summed E-state index contributed by atoms with van der Waals surface area (Å²) in [5.74, 6) is 0. The van der Waals surface area contributed by atoms with Crippen LogP contribution in [0.3, 0.4) is 0 Å². The van der Waals surface area contributed by atoms with Crippen LogP contribution < -0.4 is 5.32 Å². The molecule has 0 bridgehead atoms. The molecule has 0 aliphatic heterocycles. The lowest BCUT2D eigenvalue weighted by Gasteiger charge is -2.38. The molecule has 2 saturated carbocycles. The van der Waals surface area contributed by atoms with Crippen molar-refractivity contribution in [3.63, 3.8) is 0 Å². The van der Waals surface area contributed by atoms with E-state index in [1.54, 1.807) is 0 Å². The number of hydrogen-bond donors (Lipinski definition) is 1. The molecule has 3 rings (SSSR count). The summed E-state index contributed by atoms with van der Waals surface area (Å²) in [6.45, 7) is 2.29. The first-order valence-electron chi connectivity index (χ1n) is 8.18. The van der Waals surface area contributed by atoms with Crippen LogP contribution in [0.1, 0.15) is 69.9 Å². The predicted octanol–water partition coefficient (Wildman–Crippen LogP) is 5.60. The number of benzene rings is 1. The molecule has 1 N–H and O–H groups in total. The molecule has 2 aliphatic carbocycles. The quantitative estimate of drug-likeness (QED) is 0.757. The number of rotatable bonds is 3. The Morgan fingerprint density at radius 1 is 1.05 bits per heavy atom. The van der Waals surface area contributed by atoms with E-state index in [9.17, 15) is 0 Å². The molecule has 1 unspecified atom stereocenters. The van der Waals surface area contributed by atoms with Gasteiger partial charge in [0.2, 0.25) is 0 Å². The summed E-state index contributed by atoms with van der Waals surface area (Å²) in [7, 11) is 0. The molecular weight excluding hydrogens is 310 g/mol. The van der Waals surface area contributed by atoms with E-state index < -0.39 is 0 Å². The fraction of sp³-hybridized carbons (Fsp3) is 0.667. The van der Waals surface area contributed by atoms with Gasteiger partial charge >= 0.3 is 0 Å². The molecule has 2 heteroatoms. The third-order valence-electron chi connectivity index (χ3n) is 5.57. The van der Waals surface area contributed by atoms with Gasteiger partial charge in [-0.3, -0.25) is 0 Å². The maximum Gasteiger partial charge on any atom is 0.0294 e. The van der Waals surface area contributed by atoms with Gasteiger partial charge in [-0.1, -0.05) is 40.9 Å². The van der Waals surface area contributed by atoms with Crippen molar-refractivity contribution < 1.29 is 0 Å². The van der Waals surface area contributed by atoms with Gasteiger partial charge in [0.25, 0.3) is 0 Å². The largest absolute Gasteiger partial charge is 0.307 e. The molecule has 0 aromatic heterocycles. The molecule has 0 heterocycles. The highest BCUT2D eigenvalue weighted by atomic mass is 79.9. The minimum atomic E-state index is 0.464. The van der Waals surface area contributed by atoms with E-state index >= 15 is 0 Å². The molecule has 110 valence electrons. The van der Waals surface area contributed by atoms with Crippen LogP contribution in [0.4, 0.5) is 0 Å². The minimum absolute atomic E-state index is 0.464. The van der Waals surface area contributed by atoms with Crippen molar-refractivity contribution in [3.05, 3.63) is 34.3 Å². The van der Waals surface area contributed by atoms with Crippen LogP contribution in [0.15, 0.2) is 28.7 Å². The van der Waals surface area contributed by atoms with Gasteiger partial charge in [0.15, 0.2) is 0 Å². The van der Waals surface area contributed by atoms with Gasteiger partial charge in [-0.2, -0.15) is 0 Å². The van der Waals surface area contributed by atoms with Gasteiger partial charge in [-0.05, 0) is 68.6 Å². The molecule has 2 fully saturated rings. The third-order valence-corrected chi connectivity index (χ3v) is 6.09. The van der Waals surface area contributed by atoms with Gasteiger partial charge in [0.1, 0.15) is 0 Å². The fourth-order valence-corrected chi connectivity index (χ4v) is 4.49. The minimum Gasteiger partial charge on any atom is -0.307 e. The Kier molecular flexibility index (Phi) is 4.52. The van der Waals surface area contributed by atoms with Crippen molar-refractivity contribution in [3.8, 4) is 0 Å². The Bertz CT molecular complexity index is 423. The maximum atomic E-state index is 3.85. The summed E-state index contributed by atoms with van der Waals surface area (Å²) in [6.07, 6.45) is 11.6. The summed E-state index contributed by atoms with van der Waals surface area (Å²) >= 11 is 3.51. The molecule has 0 radical (unpaired) electrons. The first-order valence-corrected chi connectivity index (χ1v) is 8.98. The zero-order valence-electron chi connectivity index (χ0n) is 12.5. The molecule has 1 aromatic carbocycles. The Hall–Kier alpha value is -0.340. The van der Waals surface area contributed by atoms with Gasteiger partial charge < -0.3 is 5.32 Å². The van der Waals surface area contributed by atoms with E-state index in [2.05, 4.69) is 52.4 Å². The highest BCUT2D eigenvalue weighted by Gasteiger charge is 2.37. The van der Waals surface area contributed by atoms with Crippen molar-refractivity contribution in [2.45, 2.75) is 70.4 Å². The van der Waals surface area contributed by atoms with E-state index in [4.69, 9.17) is 0 Å². The average Bonchev–Trinajstić information content (AvgIpc) is 2.91. The lowest BCUT2D eigenvalue weighted by atomic mass is 9.71. The zero-order valence-corrected chi connectivity index (χ0v) is 14.1. The van der Waals surface area contributed by atoms with Crippen LogP contribution >= 0.6 is 15.9 Å². The second-order valence-corrected chi connectivity index (χ2v) is 7.84. The van der Waals surface area contributed by atoms with Crippen LogP contribution in [0.2, 0.25) is 0 Å². The normalized spacial score (nSPS) is 24.1. The zero-order chi connectivity index (χ0) is 14.0. The highest BCUT2D eigenvalue weighted by molar-refractivity contribution is 9.10. The molecule has 1 atom stereocenters. The van der Waals surface area contributed by atoms with E-state index in [0.717, 1.165) is 15.9 Å².